The van der Waals surface area contributed by atoms with E-state index in [2.05, 4.69) is 4.98 Å². The lowest BCUT2D eigenvalue weighted by molar-refractivity contribution is -0.117. The molecule has 1 amide bonds. The van der Waals surface area contributed by atoms with Crippen LogP contribution in [-0.2, 0) is 9.59 Å². The Balaban J connectivity index is 1.62. The van der Waals surface area contributed by atoms with E-state index < -0.39 is 29.3 Å². The summed E-state index contributed by atoms with van der Waals surface area (Å²) in [7, 11) is 0. The Morgan fingerprint density at radius 1 is 1.09 bits per heavy atom. The number of hydrogen-bond donors (Lipinski definition) is 1. The fourth-order valence-corrected chi connectivity index (χ4v) is 5.13. The average Bonchev–Trinajstić information content (AvgIpc) is 3.36. The molecule has 1 aromatic heterocycles. The number of aliphatic hydroxyl groups excluding tert-OH is 1. The highest BCUT2D eigenvalue weighted by atomic mass is 35.5. The Morgan fingerprint density at radius 3 is 2.59 bits per heavy atom. The van der Waals surface area contributed by atoms with Gasteiger partial charge in [-0.15, -0.1) is 0 Å². The number of thiazole rings is 1. The lowest BCUT2D eigenvalue weighted by Crippen LogP contribution is -2.31. The molecule has 0 spiro atoms. The van der Waals surface area contributed by atoms with E-state index in [1.807, 2.05) is 30.3 Å². The highest BCUT2D eigenvalue weighted by Crippen LogP contribution is 2.44. The molecule has 5 rings (SSSR count). The van der Waals surface area contributed by atoms with Gasteiger partial charge in [0.05, 0.1) is 15.8 Å². The first-order valence-electron chi connectivity index (χ1n) is 10.3. The second-order valence-electron chi connectivity index (χ2n) is 7.58. The number of ketones is 1. The van der Waals surface area contributed by atoms with Crippen molar-refractivity contribution in [2.75, 3.05) is 4.90 Å². The van der Waals surface area contributed by atoms with Gasteiger partial charge in [-0.1, -0.05) is 77.5 Å². The number of carbonyl (C=O) groups is 2. The Hall–Kier alpha value is -3.81. The predicted octanol–water partition coefficient (Wildman–Crippen LogP) is 6.27. The standard InChI is InChI=1S/C26H16ClFN2O3S/c27-16-11-12-19-21(14-16)34-26(29-19)30-23(17-8-4-5-9-18(17)28)22(24(32)25(30)33)20(31)13-10-15-6-2-1-3-7-15/h1-14,23,32H/b13-10+. The molecule has 1 N–H and O–H groups in total. The van der Waals surface area contributed by atoms with Gasteiger partial charge >= 0.3 is 0 Å². The summed E-state index contributed by atoms with van der Waals surface area (Å²) in [6, 6.07) is 18.9. The van der Waals surface area contributed by atoms with E-state index in [4.69, 9.17) is 11.6 Å². The second kappa shape index (κ2) is 8.85. The summed E-state index contributed by atoms with van der Waals surface area (Å²) in [5.41, 5.74) is 1.23. The van der Waals surface area contributed by atoms with Gasteiger partial charge < -0.3 is 5.11 Å². The van der Waals surface area contributed by atoms with Crippen LogP contribution in [0.5, 0.6) is 0 Å². The molecule has 1 atom stereocenters. The minimum atomic E-state index is -1.18. The minimum Gasteiger partial charge on any atom is -0.503 e. The Bertz CT molecular complexity index is 1500. The van der Waals surface area contributed by atoms with Crippen molar-refractivity contribution < 1.29 is 19.1 Å². The van der Waals surface area contributed by atoms with Crippen LogP contribution in [-0.4, -0.2) is 21.8 Å². The van der Waals surface area contributed by atoms with E-state index in [0.29, 0.717) is 15.2 Å². The fourth-order valence-electron chi connectivity index (χ4n) is 3.86. The molecule has 4 aromatic rings. The van der Waals surface area contributed by atoms with Gasteiger partial charge in [0.15, 0.2) is 16.7 Å². The van der Waals surface area contributed by atoms with E-state index >= 15 is 0 Å². The lowest BCUT2D eigenvalue weighted by atomic mass is 9.95. The van der Waals surface area contributed by atoms with Crippen LogP contribution in [0.25, 0.3) is 16.3 Å². The van der Waals surface area contributed by atoms with E-state index in [0.717, 1.165) is 21.8 Å². The normalized spacial score (nSPS) is 16.2. The number of allylic oxidation sites excluding steroid dienone is 1. The zero-order valence-electron chi connectivity index (χ0n) is 17.5. The van der Waals surface area contributed by atoms with Crippen molar-refractivity contribution in [2.24, 2.45) is 0 Å². The van der Waals surface area contributed by atoms with Crippen LogP contribution >= 0.6 is 22.9 Å². The summed E-state index contributed by atoms with van der Waals surface area (Å²) in [4.78, 5) is 32.1. The molecular weight excluding hydrogens is 475 g/mol. The third-order valence-corrected chi connectivity index (χ3v) is 6.70. The number of hydrogen-bond acceptors (Lipinski definition) is 5. The number of nitrogens with zero attached hydrogens (tertiary/aromatic N) is 2. The number of anilines is 1. The van der Waals surface area contributed by atoms with Crippen LogP contribution < -0.4 is 4.90 Å². The van der Waals surface area contributed by atoms with Crippen molar-refractivity contribution in [3.05, 3.63) is 112 Å². The van der Waals surface area contributed by atoms with Gasteiger partial charge in [0, 0.05) is 10.6 Å². The summed E-state index contributed by atoms with van der Waals surface area (Å²) in [6.07, 6.45) is 2.84. The smallest absolute Gasteiger partial charge is 0.296 e. The van der Waals surface area contributed by atoms with Crippen molar-refractivity contribution in [1.82, 2.24) is 4.98 Å². The Labute approximate surface area is 203 Å². The maximum atomic E-state index is 14.9. The van der Waals surface area contributed by atoms with E-state index in [1.54, 1.807) is 30.3 Å². The summed E-state index contributed by atoms with van der Waals surface area (Å²) >= 11 is 7.25. The maximum Gasteiger partial charge on any atom is 0.296 e. The highest BCUT2D eigenvalue weighted by molar-refractivity contribution is 7.22. The van der Waals surface area contributed by atoms with Crippen LogP contribution in [0.4, 0.5) is 9.52 Å². The highest BCUT2D eigenvalue weighted by Gasteiger charge is 2.46. The minimum absolute atomic E-state index is 0.0775. The number of benzene rings is 3. The van der Waals surface area contributed by atoms with E-state index in [1.165, 1.54) is 24.3 Å². The molecule has 0 bridgehead atoms. The Morgan fingerprint density at radius 2 is 1.82 bits per heavy atom. The lowest BCUT2D eigenvalue weighted by Gasteiger charge is -2.24. The third kappa shape index (κ3) is 3.89. The number of aliphatic hydroxyl groups is 1. The molecule has 3 aromatic carbocycles. The molecule has 1 aliphatic heterocycles. The fraction of sp³-hybridized carbons (Fsp3) is 0.0385. The van der Waals surface area contributed by atoms with Gasteiger partial charge in [-0.3, -0.25) is 14.5 Å². The van der Waals surface area contributed by atoms with Crippen molar-refractivity contribution in [3.8, 4) is 0 Å². The monoisotopic (exact) mass is 490 g/mol. The van der Waals surface area contributed by atoms with Crippen LogP contribution in [0.2, 0.25) is 5.02 Å². The van der Waals surface area contributed by atoms with Crippen molar-refractivity contribution in [2.45, 2.75) is 6.04 Å². The number of aromatic nitrogens is 1. The van der Waals surface area contributed by atoms with Crippen LogP contribution in [0.1, 0.15) is 17.2 Å². The molecule has 0 saturated heterocycles. The molecule has 0 saturated carbocycles. The van der Waals surface area contributed by atoms with Gasteiger partial charge in [-0.2, -0.15) is 0 Å². The van der Waals surface area contributed by atoms with Gasteiger partial charge in [-0.25, -0.2) is 9.37 Å². The van der Waals surface area contributed by atoms with Crippen LogP contribution in [0.3, 0.4) is 0 Å². The van der Waals surface area contributed by atoms with E-state index in [9.17, 15) is 19.1 Å². The SMILES string of the molecule is O=C(/C=C/c1ccccc1)C1=C(O)C(=O)N(c2nc3ccc(Cl)cc3s2)C1c1ccccc1F. The molecule has 8 heteroatoms. The van der Waals surface area contributed by atoms with Gasteiger partial charge in [-0.05, 0) is 35.9 Å². The summed E-state index contributed by atoms with van der Waals surface area (Å²) in [5.74, 6) is -2.76. The third-order valence-electron chi connectivity index (χ3n) is 5.45. The zero-order chi connectivity index (χ0) is 23.8. The summed E-state index contributed by atoms with van der Waals surface area (Å²) in [5, 5.41) is 11.5. The van der Waals surface area contributed by atoms with E-state index in [-0.39, 0.29) is 16.3 Å². The summed E-state index contributed by atoms with van der Waals surface area (Å²) < 4.78 is 15.6. The molecule has 5 nitrogen and oxygen atoms in total. The van der Waals surface area contributed by atoms with Gasteiger partial charge in [0.1, 0.15) is 11.9 Å². The number of amides is 1. The van der Waals surface area contributed by atoms with Crippen molar-refractivity contribution in [1.29, 1.82) is 0 Å². The van der Waals surface area contributed by atoms with Crippen LogP contribution in [0.15, 0.2) is 90.2 Å². The van der Waals surface area contributed by atoms with Gasteiger partial charge in [0.25, 0.3) is 5.91 Å². The van der Waals surface area contributed by atoms with Crippen molar-refractivity contribution in [3.63, 3.8) is 0 Å². The predicted molar refractivity (Wildman–Crippen MR) is 131 cm³/mol. The number of halogens is 2. The first kappa shape index (κ1) is 22.0. The Kier molecular flexibility index (Phi) is 5.73. The average molecular weight is 491 g/mol. The molecule has 168 valence electrons. The van der Waals surface area contributed by atoms with Crippen molar-refractivity contribution >= 4 is 56.1 Å². The molecular formula is C26H16ClFN2O3S. The number of rotatable bonds is 5. The maximum absolute atomic E-state index is 14.9. The largest absolute Gasteiger partial charge is 0.503 e. The quantitative estimate of drug-likeness (QED) is 0.335. The second-order valence-corrected chi connectivity index (χ2v) is 9.02. The molecule has 2 heterocycles. The van der Waals surface area contributed by atoms with Crippen LogP contribution in [0, 0.1) is 5.82 Å². The zero-order valence-corrected chi connectivity index (χ0v) is 19.1. The molecule has 1 unspecified atom stereocenters. The molecule has 0 radical (unpaired) electrons. The van der Waals surface area contributed by atoms with Gasteiger partial charge in [0.2, 0.25) is 0 Å². The molecule has 1 aliphatic rings. The molecule has 34 heavy (non-hydrogen) atoms. The summed E-state index contributed by atoms with van der Waals surface area (Å²) in [6.45, 7) is 0. The molecule has 0 aliphatic carbocycles. The molecule has 0 fully saturated rings. The first-order chi connectivity index (χ1) is 16.4. The number of carbonyl (C=O) groups excluding carboxylic acids is 2. The topological polar surface area (TPSA) is 70.5 Å². The number of fused-ring (bicyclic) bond motifs is 1. The first-order valence-corrected chi connectivity index (χ1v) is 11.5.